The predicted octanol–water partition coefficient (Wildman–Crippen LogP) is 4.15. The Kier molecular flexibility index (Phi) is 6.81. The van der Waals surface area contributed by atoms with E-state index in [0.717, 1.165) is 18.7 Å². The van der Waals surface area contributed by atoms with Crippen LogP contribution in [0.15, 0.2) is 24.3 Å². The van der Waals surface area contributed by atoms with Gasteiger partial charge in [-0.2, -0.15) is 0 Å². The number of anilines is 1. The summed E-state index contributed by atoms with van der Waals surface area (Å²) in [5.41, 5.74) is 2.25. The van der Waals surface area contributed by atoms with Crippen LogP contribution in [0.3, 0.4) is 0 Å². The molecule has 0 saturated carbocycles. The Morgan fingerprint density at radius 3 is 2.11 bits per heavy atom. The van der Waals surface area contributed by atoms with Crippen LogP contribution in [0.5, 0.6) is 0 Å². The van der Waals surface area contributed by atoms with Gasteiger partial charge in [-0.3, -0.25) is 0 Å². The number of hydrogen-bond donors (Lipinski definition) is 1. The molecule has 0 fully saturated rings. The van der Waals surface area contributed by atoms with Gasteiger partial charge in [0.2, 0.25) is 0 Å². The molecule has 0 aliphatic heterocycles. The molecule has 102 valence electrons. The second kappa shape index (κ2) is 8.15. The molecule has 1 N–H and O–H groups in total. The molecule has 1 aromatic rings. The molecule has 0 saturated heterocycles. The first-order chi connectivity index (χ1) is 8.70. The summed E-state index contributed by atoms with van der Waals surface area (Å²) < 4.78 is 0. The van der Waals surface area contributed by atoms with E-state index < -0.39 is 6.10 Å². The van der Waals surface area contributed by atoms with Gasteiger partial charge in [-0.05, 0) is 25.8 Å². The zero-order valence-corrected chi connectivity index (χ0v) is 12.0. The highest BCUT2D eigenvalue weighted by Gasteiger charge is 2.13. The molecule has 18 heavy (non-hydrogen) atoms. The van der Waals surface area contributed by atoms with E-state index >= 15 is 0 Å². The van der Waals surface area contributed by atoms with Gasteiger partial charge in [-0.1, -0.05) is 44.9 Å². The van der Waals surface area contributed by atoms with Gasteiger partial charge in [0, 0.05) is 24.3 Å². The van der Waals surface area contributed by atoms with E-state index in [9.17, 15) is 5.11 Å². The molecule has 0 heterocycles. The third-order valence-electron chi connectivity index (χ3n) is 3.29. The second-order valence-electron chi connectivity index (χ2n) is 4.93. The molecule has 0 bridgehead atoms. The number of hydrogen-bond acceptors (Lipinski definition) is 2. The third-order valence-corrected chi connectivity index (χ3v) is 3.29. The summed E-state index contributed by atoms with van der Waals surface area (Å²) in [6, 6.07) is 8.23. The van der Waals surface area contributed by atoms with Crippen molar-refractivity contribution in [3.8, 4) is 0 Å². The Morgan fingerprint density at radius 2 is 1.61 bits per heavy atom. The molecule has 2 heteroatoms. The fourth-order valence-corrected chi connectivity index (χ4v) is 2.18. The third kappa shape index (κ3) is 4.34. The van der Waals surface area contributed by atoms with Gasteiger partial charge in [0.15, 0.2) is 0 Å². The molecule has 1 rings (SSSR count). The van der Waals surface area contributed by atoms with Gasteiger partial charge in [0.1, 0.15) is 0 Å². The highest BCUT2D eigenvalue weighted by atomic mass is 16.3. The number of nitrogens with zero attached hydrogens (tertiary/aromatic N) is 1. The van der Waals surface area contributed by atoms with Crippen molar-refractivity contribution in [2.45, 2.75) is 52.6 Å². The highest BCUT2D eigenvalue weighted by Crippen LogP contribution is 2.26. The monoisotopic (exact) mass is 249 g/mol. The van der Waals surface area contributed by atoms with Crippen LogP contribution in [-0.4, -0.2) is 18.2 Å². The number of aliphatic hydroxyl groups excluding tert-OH is 1. The molecule has 0 amide bonds. The normalized spacial score (nSPS) is 12.4. The highest BCUT2D eigenvalue weighted by molar-refractivity contribution is 5.54. The first-order valence-corrected chi connectivity index (χ1v) is 7.22. The van der Waals surface area contributed by atoms with E-state index in [1.165, 1.54) is 31.4 Å². The minimum atomic E-state index is -0.396. The second-order valence-corrected chi connectivity index (χ2v) is 4.93. The maximum Gasteiger partial charge on any atom is 0.0781 e. The van der Waals surface area contributed by atoms with Crippen LogP contribution in [0.1, 0.15) is 58.1 Å². The smallest absolute Gasteiger partial charge is 0.0781 e. The van der Waals surface area contributed by atoms with Gasteiger partial charge in [-0.25, -0.2) is 0 Å². The Balaban J connectivity index is 2.88. The topological polar surface area (TPSA) is 23.5 Å². The van der Waals surface area contributed by atoms with Crippen LogP contribution >= 0.6 is 0 Å². The van der Waals surface area contributed by atoms with Crippen LogP contribution in [0.25, 0.3) is 0 Å². The minimum absolute atomic E-state index is 0.396. The number of unbranched alkanes of at least 4 members (excludes halogenated alkanes) is 2. The minimum Gasteiger partial charge on any atom is -0.389 e. The van der Waals surface area contributed by atoms with Crippen molar-refractivity contribution >= 4 is 5.69 Å². The van der Waals surface area contributed by atoms with Gasteiger partial charge >= 0.3 is 0 Å². The first kappa shape index (κ1) is 15.0. The largest absolute Gasteiger partial charge is 0.389 e. The number of rotatable bonds is 8. The number of para-hydroxylation sites is 1. The Labute approximate surface area is 112 Å². The lowest BCUT2D eigenvalue weighted by molar-refractivity contribution is 0.199. The van der Waals surface area contributed by atoms with Gasteiger partial charge in [0.05, 0.1) is 6.10 Å². The average Bonchev–Trinajstić information content (AvgIpc) is 2.39. The molecule has 0 radical (unpaired) electrons. The van der Waals surface area contributed by atoms with Crippen LogP contribution in [0, 0.1) is 0 Å². The van der Waals surface area contributed by atoms with E-state index in [0.29, 0.717) is 0 Å². The van der Waals surface area contributed by atoms with Crippen LogP contribution < -0.4 is 4.90 Å². The maximum atomic E-state index is 9.88. The molecule has 2 nitrogen and oxygen atoms in total. The number of aliphatic hydroxyl groups is 1. The van der Waals surface area contributed by atoms with Crippen molar-refractivity contribution in [2.75, 3.05) is 18.0 Å². The van der Waals surface area contributed by atoms with Crippen molar-refractivity contribution in [1.29, 1.82) is 0 Å². The van der Waals surface area contributed by atoms with Gasteiger partial charge in [0.25, 0.3) is 0 Å². The summed E-state index contributed by atoms with van der Waals surface area (Å²) in [6.45, 7) is 8.45. The summed E-state index contributed by atoms with van der Waals surface area (Å²) in [4.78, 5) is 2.43. The van der Waals surface area contributed by atoms with Crippen molar-refractivity contribution in [2.24, 2.45) is 0 Å². The number of benzene rings is 1. The molecule has 1 aromatic carbocycles. The first-order valence-electron chi connectivity index (χ1n) is 7.22. The van der Waals surface area contributed by atoms with Crippen molar-refractivity contribution < 1.29 is 5.11 Å². The molecule has 0 unspecified atom stereocenters. The molecule has 0 spiro atoms. The van der Waals surface area contributed by atoms with E-state index in [-0.39, 0.29) is 0 Å². The fraction of sp³-hybridized carbons (Fsp3) is 0.625. The Morgan fingerprint density at radius 1 is 1.06 bits per heavy atom. The van der Waals surface area contributed by atoms with E-state index in [4.69, 9.17) is 0 Å². The SMILES string of the molecule is CCCCN(CCCC)c1ccccc1[C@H](C)O. The molecular formula is C16H27NO. The summed E-state index contributed by atoms with van der Waals surface area (Å²) in [6.07, 6.45) is 4.43. The van der Waals surface area contributed by atoms with E-state index in [1.54, 1.807) is 0 Å². The van der Waals surface area contributed by atoms with Crippen molar-refractivity contribution in [3.63, 3.8) is 0 Å². The predicted molar refractivity (Wildman–Crippen MR) is 79.1 cm³/mol. The lowest BCUT2D eigenvalue weighted by Crippen LogP contribution is -2.27. The lowest BCUT2D eigenvalue weighted by Gasteiger charge is -2.28. The Bertz CT molecular complexity index is 328. The standard InChI is InChI=1S/C16H27NO/c1-4-6-12-17(13-7-5-2)16-11-9-8-10-15(16)14(3)18/h8-11,14,18H,4-7,12-13H2,1-3H3/t14-/m0/s1. The summed E-state index contributed by atoms with van der Waals surface area (Å²) >= 11 is 0. The van der Waals surface area contributed by atoms with Crippen molar-refractivity contribution in [3.05, 3.63) is 29.8 Å². The summed E-state index contributed by atoms with van der Waals surface area (Å²) in [5.74, 6) is 0. The molecule has 0 aromatic heterocycles. The molecule has 0 aliphatic rings. The maximum absolute atomic E-state index is 9.88. The zero-order chi connectivity index (χ0) is 13.4. The van der Waals surface area contributed by atoms with Gasteiger partial charge in [-0.15, -0.1) is 0 Å². The molecular weight excluding hydrogens is 222 g/mol. The average molecular weight is 249 g/mol. The molecule has 0 aliphatic carbocycles. The zero-order valence-electron chi connectivity index (χ0n) is 12.0. The quantitative estimate of drug-likeness (QED) is 0.748. The van der Waals surface area contributed by atoms with E-state index in [2.05, 4.69) is 30.9 Å². The molecule has 1 atom stereocenters. The van der Waals surface area contributed by atoms with Crippen LogP contribution in [0.4, 0.5) is 5.69 Å². The van der Waals surface area contributed by atoms with Gasteiger partial charge < -0.3 is 10.0 Å². The van der Waals surface area contributed by atoms with Crippen molar-refractivity contribution in [1.82, 2.24) is 0 Å². The summed E-state index contributed by atoms with van der Waals surface area (Å²) in [7, 11) is 0. The van der Waals surface area contributed by atoms with E-state index in [1.807, 2.05) is 19.1 Å². The van der Waals surface area contributed by atoms with Crippen LogP contribution in [-0.2, 0) is 0 Å². The Hall–Kier alpha value is -1.02. The fourth-order valence-electron chi connectivity index (χ4n) is 2.18. The lowest BCUT2D eigenvalue weighted by atomic mass is 10.1. The van der Waals surface area contributed by atoms with Crippen LogP contribution in [0.2, 0.25) is 0 Å². The summed E-state index contributed by atoms with van der Waals surface area (Å²) in [5, 5.41) is 9.88.